The Balaban J connectivity index is 1.63. The third-order valence-electron chi connectivity index (χ3n) is 3.29. The Bertz CT molecular complexity index is 782. The molecule has 23 heavy (non-hydrogen) atoms. The fourth-order valence-electron chi connectivity index (χ4n) is 2.15. The molecule has 0 bridgehead atoms. The van der Waals surface area contributed by atoms with Gasteiger partial charge < -0.3 is 9.73 Å². The van der Waals surface area contributed by atoms with E-state index in [0.29, 0.717) is 11.6 Å². The lowest BCUT2D eigenvalue weighted by Gasteiger charge is -2.04. The molecule has 116 valence electrons. The Hall–Kier alpha value is -2.53. The van der Waals surface area contributed by atoms with Crippen molar-refractivity contribution in [2.24, 2.45) is 0 Å². The predicted molar refractivity (Wildman–Crippen MR) is 92.5 cm³/mol. The molecule has 5 heteroatoms. The van der Waals surface area contributed by atoms with E-state index < -0.39 is 0 Å². The number of anilines is 1. The van der Waals surface area contributed by atoms with E-state index in [0.717, 1.165) is 16.1 Å². The molecule has 3 aromatic rings. The molecule has 0 saturated carbocycles. The number of nitrogens with zero attached hydrogens (tertiary/aromatic N) is 1. The second-order valence-corrected chi connectivity index (χ2v) is 5.84. The van der Waals surface area contributed by atoms with E-state index >= 15 is 0 Å². The molecule has 0 saturated heterocycles. The molecule has 0 aliphatic heterocycles. The molecule has 0 atom stereocenters. The number of hydrogen-bond acceptors (Lipinski definition) is 4. The average molecular weight is 324 g/mol. The lowest BCUT2D eigenvalue weighted by atomic mass is 10.2. The number of carbonyl (C=O) groups is 1. The lowest BCUT2D eigenvalue weighted by molar-refractivity contribution is -0.115. The van der Waals surface area contributed by atoms with E-state index in [1.807, 2.05) is 60.9 Å². The second kappa shape index (κ2) is 7.15. The molecule has 0 radical (unpaired) electrons. The van der Waals surface area contributed by atoms with Crippen LogP contribution in [0.3, 0.4) is 0 Å². The molecular weight excluding hydrogens is 308 g/mol. The lowest BCUT2D eigenvalue weighted by Crippen LogP contribution is -2.14. The molecule has 0 aliphatic carbocycles. The van der Waals surface area contributed by atoms with Gasteiger partial charge in [0.15, 0.2) is 0 Å². The summed E-state index contributed by atoms with van der Waals surface area (Å²) >= 11 is 1.66. The minimum Gasteiger partial charge on any atom is -0.444 e. The maximum absolute atomic E-state index is 12.1. The zero-order valence-corrected chi connectivity index (χ0v) is 13.5. The Labute approximate surface area is 138 Å². The number of benzene rings is 2. The van der Waals surface area contributed by atoms with Crippen molar-refractivity contribution in [2.45, 2.75) is 11.3 Å². The summed E-state index contributed by atoms with van der Waals surface area (Å²) < 4.78 is 5.44. The Morgan fingerprint density at radius 1 is 1.13 bits per heavy atom. The van der Waals surface area contributed by atoms with Crippen LogP contribution in [0.15, 0.2) is 70.2 Å². The van der Waals surface area contributed by atoms with Gasteiger partial charge in [0.05, 0.1) is 12.1 Å². The number of oxazole rings is 1. The molecule has 1 aromatic heterocycles. The van der Waals surface area contributed by atoms with E-state index in [1.165, 1.54) is 6.26 Å². The van der Waals surface area contributed by atoms with Crippen molar-refractivity contribution in [1.82, 2.24) is 4.98 Å². The number of aromatic nitrogens is 1. The summed E-state index contributed by atoms with van der Waals surface area (Å²) in [5.41, 5.74) is 2.29. The monoisotopic (exact) mass is 324 g/mol. The van der Waals surface area contributed by atoms with Crippen LogP contribution < -0.4 is 5.32 Å². The minimum absolute atomic E-state index is 0.116. The number of carbonyl (C=O) groups excluding carboxylic acids is 1. The fourth-order valence-corrected chi connectivity index (χ4v) is 2.55. The zero-order chi connectivity index (χ0) is 16.1. The molecule has 0 aliphatic rings. The van der Waals surface area contributed by atoms with Crippen molar-refractivity contribution >= 4 is 23.4 Å². The number of thioether (sulfide) groups is 1. The van der Waals surface area contributed by atoms with Gasteiger partial charge in [0.25, 0.3) is 0 Å². The smallest absolute Gasteiger partial charge is 0.230 e. The van der Waals surface area contributed by atoms with Crippen molar-refractivity contribution in [2.75, 3.05) is 11.6 Å². The second-order valence-electron chi connectivity index (χ2n) is 4.96. The first kappa shape index (κ1) is 15.4. The summed E-state index contributed by atoms with van der Waals surface area (Å²) in [6.07, 6.45) is 3.72. The molecule has 0 spiro atoms. The number of hydrogen-bond donors (Lipinski definition) is 1. The summed E-state index contributed by atoms with van der Waals surface area (Å²) in [4.78, 5) is 17.6. The van der Waals surface area contributed by atoms with Gasteiger partial charge in [0.2, 0.25) is 11.8 Å². The molecule has 0 fully saturated rings. The first-order valence-corrected chi connectivity index (χ1v) is 8.41. The molecule has 4 nitrogen and oxygen atoms in total. The Morgan fingerprint density at radius 3 is 2.57 bits per heavy atom. The maximum atomic E-state index is 12.1. The van der Waals surface area contributed by atoms with Gasteiger partial charge in [0, 0.05) is 16.1 Å². The van der Waals surface area contributed by atoms with Gasteiger partial charge >= 0.3 is 0 Å². The summed E-state index contributed by atoms with van der Waals surface area (Å²) in [6, 6.07) is 17.3. The zero-order valence-electron chi connectivity index (χ0n) is 12.7. The van der Waals surface area contributed by atoms with Crippen molar-refractivity contribution < 1.29 is 9.21 Å². The number of amides is 1. The van der Waals surface area contributed by atoms with Gasteiger partial charge in [-0.15, -0.1) is 11.8 Å². The topological polar surface area (TPSA) is 55.1 Å². The van der Waals surface area contributed by atoms with Crippen LogP contribution in [0.4, 0.5) is 5.69 Å². The van der Waals surface area contributed by atoms with E-state index in [4.69, 9.17) is 4.42 Å². The van der Waals surface area contributed by atoms with Crippen molar-refractivity contribution in [3.05, 3.63) is 66.6 Å². The van der Waals surface area contributed by atoms with Crippen LogP contribution in [0, 0.1) is 0 Å². The third-order valence-corrected chi connectivity index (χ3v) is 4.03. The highest BCUT2D eigenvalue weighted by Crippen LogP contribution is 2.19. The summed E-state index contributed by atoms with van der Waals surface area (Å²) in [6.45, 7) is 0. The summed E-state index contributed by atoms with van der Waals surface area (Å²) in [5, 5.41) is 2.86. The standard InChI is InChI=1S/C18H16N2O2S/c1-23-16-9-7-14(8-10-16)19-17(21)11-15-12-22-18(20-15)13-5-3-2-4-6-13/h2-10,12H,11H2,1H3,(H,19,21). The molecule has 1 N–H and O–H groups in total. The molecule has 3 rings (SSSR count). The van der Waals surface area contributed by atoms with Crippen LogP contribution in [0.2, 0.25) is 0 Å². The van der Waals surface area contributed by atoms with Gasteiger partial charge in [-0.3, -0.25) is 4.79 Å². The quantitative estimate of drug-likeness (QED) is 0.713. The van der Waals surface area contributed by atoms with E-state index in [-0.39, 0.29) is 12.3 Å². The van der Waals surface area contributed by atoms with Crippen LogP contribution in [-0.2, 0) is 11.2 Å². The third kappa shape index (κ3) is 4.02. The van der Waals surface area contributed by atoms with Gasteiger partial charge in [-0.1, -0.05) is 18.2 Å². The SMILES string of the molecule is CSc1ccc(NC(=O)Cc2coc(-c3ccccc3)n2)cc1. The van der Waals surface area contributed by atoms with E-state index in [2.05, 4.69) is 10.3 Å². The van der Waals surface area contributed by atoms with Gasteiger partial charge in [-0.05, 0) is 42.7 Å². The molecule has 0 unspecified atom stereocenters. The van der Waals surface area contributed by atoms with Gasteiger partial charge in [0.1, 0.15) is 6.26 Å². The Morgan fingerprint density at radius 2 is 1.87 bits per heavy atom. The van der Waals surface area contributed by atoms with Gasteiger partial charge in [-0.25, -0.2) is 4.98 Å². The average Bonchev–Trinajstić information content (AvgIpc) is 3.04. The van der Waals surface area contributed by atoms with Crippen molar-refractivity contribution in [1.29, 1.82) is 0 Å². The number of nitrogens with one attached hydrogen (secondary N) is 1. The highest BCUT2D eigenvalue weighted by molar-refractivity contribution is 7.98. The fraction of sp³-hybridized carbons (Fsp3) is 0.111. The van der Waals surface area contributed by atoms with Crippen molar-refractivity contribution in [3.63, 3.8) is 0 Å². The summed E-state index contributed by atoms with van der Waals surface area (Å²) in [5.74, 6) is 0.410. The summed E-state index contributed by atoms with van der Waals surface area (Å²) in [7, 11) is 0. The van der Waals surface area contributed by atoms with E-state index in [9.17, 15) is 4.79 Å². The van der Waals surface area contributed by atoms with Crippen LogP contribution >= 0.6 is 11.8 Å². The highest BCUT2D eigenvalue weighted by atomic mass is 32.2. The molecule has 2 aromatic carbocycles. The van der Waals surface area contributed by atoms with Crippen LogP contribution in [0.1, 0.15) is 5.69 Å². The van der Waals surface area contributed by atoms with Gasteiger partial charge in [-0.2, -0.15) is 0 Å². The van der Waals surface area contributed by atoms with Crippen LogP contribution in [0.5, 0.6) is 0 Å². The molecule has 1 amide bonds. The molecular formula is C18H16N2O2S. The normalized spacial score (nSPS) is 10.5. The first-order valence-electron chi connectivity index (χ1n) is 7.18. The Kier molecular flexibility index (Phi) is 4.78. The van der Waals surface area contributed by atoms with Crippen LogP contribution in [0.25, 0.3) is 11.5 Å². The maximum Gasteiger partial charge on any atom is 0.230 e. The van der Waals surface area contributed by atoms with E-state index in [1.54, 1.807) is 11.8 Å². The minimum atomic E-state index is -0.116. The van der Waals surface area contributed by atoms with Crippen LogP contribution in [-0.4, -0.2) is 17.1 Å². The van der Waals surface area contributed by atoms with Crippen molar-refractivity contribution in [3.8, 4) is 11.5 Å². The number of rotatable bonds is 5. The predicted octanol–water partition coefficient (Wildman–Crippen LogP) is 4.24. The largest absolute Gasteiger partial charge is 0.444 e. The first-order chi connectivity index (χ1) is 11.2. The molecule has 1 heterocycles. The highest BCUT2D eigenvalue weighted by Gasteiger charge is 2.10.